The minimum absolute atomic E-state index is 0.278. The van der Waals surface area contributed by atoms with Crippen LogP contribution in [-0.4, -0.2) is 20.8 Å². The molecule has 176 valence electrons. The van der Waals surface area contributed by atoms with Crippen molar-refractivity contribution in [3.05, 3.63) is 111 Å². The van der Waals surface area contributed by atoms with Crippen LogP contribution in [0.15, 0.2) is 94.7 Å². The van der Waals surface area contributed by atoms with Crippen LogP contribution in [0, 0.1) is 11.3 Å². The number of nitriles is 1. The Balaban J connectivity index is 1.84. The fourth-order valence-electron chi connectivity index (χ4n) is 4.01. The number of nitrogens with one attached hydrogen (secondary N) is 1. The van der Waals surface area contributed by atoms with Crippen molar-refractivity contribution >= 4 is 40.2 Å². The van der Waals surface area contributed by atoms with Gasteiger partial charge in [-0.2, -0.15) is 5.26 Å². The summed E-state index contributed by atoms with van der Waals surface area (Å²) in [7, 11) is 0. The second-order valence-electron chi connectivity index (χ2n) is 7.94. The summed E-state index contributed by atoms with van der Waals surface area (Å²) < 4.78 is 1.51. The Morgan fingerprint density at radius 2 is 1.64 bits per heavy atom. The van der Waals surface area contributed by atoms with E-state index >= 15 is 0 Å². The lowest BCUT2D eigenvalue weighted by Crippen LogP contribution is -2.25. The fraction of sp³-hybridized carbons (Fsp3) is 0.0714. The molecule has 0 aliphatic rings. The van der Waals surface area contributed by atoms with E-state index in [-0.39, 0.29) is 16.5 Å². The van der Waals surface area contributed by atoms with Crippen molar-refractivity contribution in [1.29, 1.82) is 5.26 Å². The molecular weight excluding hydrogens is 490 g/mol. The van der Waals surface area contributed by atoms with Gasteiger partial charge < -0.3 is 5.32 Å². The third-order valence-corrected chi connectivity index (χ3v) is 6.65. The average molecular weight is 510 g/mol. The van der Waals surface area contributed by atoms with Crippen molar-refractivity contribution in [3.63, 3.8) is 0 Å². The van der Waals surface area contributed by atoms with Gasteiger partial charge in [-0.15, -0.1) is 11.8 Å². The van der Waals surface area contributed by atoms with Gasteiger partial charge in [0.1, 0.15) is 22.2 Å². The molecule has 2 aromatic heterocycles. The van der Waals surface area contributed by atoms with Gasteiger partial charge in [0.2, 0.25) is 5.95 Å². The van der Waals surface area contributed by atoms with Crippen LogP contribution in [0.3, 0.4) is 0 Å². The Morgan fingerprint density at radius 1 is 0.972 bits per heavy atom. The largest absolute Gasteiger partial charge is 0.351 e. The Kier molecular flexibility index (Phi) is 6.72. The van der Waals surface area contributed by atoms with Gasteiger partial charge in [-0.25, -0.2) is 14.5 Å². The molecule has 0 radical (unpaired) electrons. The average Bonchev–Trinajstić information content (AvgIpc) is 2.92. The van der Waals surface area contributed by atoms with Gasteiger partial charge in [0.25, 0.3) is 5.56 Å². The van der Waals surface area contributed by atoms with Crippen LogP contribution in [0.4, 0.5) is 5.95 Å². The van der Waals surface area contributed by atoms with Crippen LogP contribution in [0.2, 0.25) is 5.02 Å². The summed E-state index contributed by atoms with van der Waals surface area (Å²) in [6.07, 6.45) is 1.85. The lowest BCUT2D eigenvalue weighted by atomic mass is 10.1. The number of halogens is 1. The van der Waals surface area contributed by atoms with E-state index in [1.165, 1.54) is 16.3 Å². The first-order chi connectivity index (χ1) is 17.6. The summed E-state index contributed by atoms with van der Waals surface area (Å²) in [6, 6.07) is 28.5. The quantitative estimate of drug-likeness (QED) is 0.270. The van der Waals surface area contributed by atoms with Crippen LogP contribution >= 0.6 is 23.4 Å². The number of thioether (sulfide) groups is 1. The van der Waals surface area contributed by atoms with E-state index in [9.17, 15) is 10.1 Å². The van der Waals surface area contributed by atoms with Gasteiger partial charge in [-0.1, -0.05) is 72.3 Å². The standard InChI is InChI=1S/C28H20ClN5OS/c1-36-26-22(16-30)25-23(24(32-26)19-10-6-3-7-11-19)27(35)34(21-14-12-20(29)13-15-21)28(33-25)31-17-18-8-4-2-5-9-18/h2-15H,17H2,1H3,(H,31,33). The molecule has 3 aromatic carbocycles. The maximum Gasteiger partial charge on any atom is 0.269 e. The Morgan fingerprint density at radius 3 is 2.28 bits per heavy atom. The van der Waals surface area contributed by atoms with E-state index in [2.05, 4.69) is 11.4 Å². The first-order valence-corrected chi connectivity index (χ1v) is 12.7. The molecule has 0 amide bonds. The van der Waals surface area contributed by atoms with Crippen molar-refractivity contribution in [2.45, 2.75) is 11.6 Å². The van der Waals surface area contributed by atoms with Gasteiger partial charge in [0, 0.05) is 17.1 Å². The highest BCUT2D eigenvalue weighted by atomic mass is 35.5. The number of benzene rings is 3. The zero-order valence-corrected chi connectivity index (χ0v) is 20.8. The highest BCUT2D eigenvalue weighted by Crippen LogP contribution is 2.32. The van der Waals surface area contributed by atoms with Gasteiger partial charge in [-0.05, 0) is 36.1 Å². The molecule has 0 aliphatic carbocycles. The predicted octanol–water partition coefficient (Wildman–Crippen LogP) is 6.31. The topological polar surface area (TPSA) is 83.6 Å². The van der Waals surface area contributed by atoms with Crippen molar-refractivity contribution in [3.8, 4) is 23.0 Å². The zero-order chi connectivity index (χ0) is 25.1. The van der Waals surface area contributed by atoms with E-state index in [1.807, 2.05) is 66.9 Å². The molecule has 6 nitrogen and oxygen atoms in total. The smallest absolute Gasteiger partial charge is 0.269 e. The summed E-state index contributed by atoms with van der Waals surface area (Å²) in [5, 5.41) is 14.7. The number of pyridine rings is 1. The molecule has 2 heterocycles. The summed E-state index contributed by atoms with van der Waals surface area (Å²) in [5.74, 6) is 0.326. The van der Waals surface area contributed by atoms with Crippen LogP contribution in [-0.2, 0) is 6.54 Å². The van der Waals surface area contributed by atoms with Crippen LogP contribution in [0.1, 0.15) is 11.1 Å². The van der Waals surface area contributed by atoms with E-state index in [0.717, 1.165) is 11.1 Å². The monoisotopic (exact) mass is 509 g/mol. The number of fused-ring (bicyclic) bond motifs is 1. The van der Waals surface area contributed by atoms with Gasteiger partial charge >= 0.3 is 0 Å². The van der Waals surface area contributed by atoms with Crippen LogP contribution in [0.25, 0.3) is 27.8 Å². The third kappa shape index (κ3) is 4.44. The lowest BCUT2D eigenvalue weighted by molar-refractivity contribution is 0.933. The number of rotatable bonds is 6. The van der Waals surface area contributed by atoms with E-state index in [1.54, 1.807) is 24.3 Å². The zero-order valence-electron chi connectivity index (χ0n) is 19.3. The highest BCUT2D eigenvalue weighted by Gasteiger charge is 2.23. The van der Waals surface area contributed by atoms with Crippen LogP contribution in [0.5, 0.6) is 0 Å². The molecule has 0 unspecified atom stereocenters. The van der Waals surface area contributed by atoms with Crippen molar-refractivity contribution < 1.29 is 0 Å². The molecular formula is C28H20ClN5OS. The molecule has 0 aliphatic heterocycles. The molecule has 0 saturated carbocycles. The van der Waals surface area contributed by atoms with E-state index in [0.29, 0.717) is 39.4 Å². The SMILES string of the molecule is CSc1nc(-c2ccccc2)c2c(=O)n(-c3ccc(Cl)cc3)c(NCc3ccccc3)nc2c1C#N. The van der Waals surface area contributed by atoms with E-state index < -0.39 is 0 Å². The third-order valence-electron chi connectivity index (χ3n) is 5.71. The van der Waals surface area contributed by atoms with Crippen molar-refractivity contribution in [2.24, 2.45) is 0 Å². The summed E-state index contributed by atoms with van der Waals surface area (Å²) >= 11 is 7.48. The molecule has 0 atom stereocenters. The molecule has 8 heteroatoms. The number of hydrogen-bond acceptors (Lipinski definition) is 6. The molecule has 0 fully saturated rings. The summed E-state index contributed by atoms with van der Waals surface area (Å²) in [5.41, 5.74) is 3.16. The minimum atomic E-state index is -0.326. The maximum absolute atomic E-state index is 14.2. The Labute approximate surface area is 217 Å². The first kappa shape index (κ1) is 23.6. The first-order valence-electron chi connectivity index (χ1n) is 11.1. The van der Waals surface area contributed by atoms with Gasteiger partial charge in [-0.3, -0.25) is 4.79 Å². The van der Waals surface area contributed by atoms with Gasteiger partial charge in [0.05, 0.1) is 16.8 Å². The molecule has 1 N–H and O–H groups in total. The molecule has 0 spiro atoms. The molecule has 0 saturated heterocycles. The summed E-state index contributed by atoms with van der Waals surface area (Å²) in [6.45, 7) is 0.445. The summed E-state index contributed by atoms with van der Waals surface area (Å²) in [4.78, 5) is 23.8. The number of aromatic nitrogens is 3. The van der Waals surface area contributed by atoms with E-state index in [4.69, 9.17) is 21.6 Å². The van der Waals surface area contributed by atoms with Crippen molar-refractivity contribution in [2.75, 3.05) is 11.6 Å². The predicted molar refractivity (Wildman–Crippen MR) is 146 cm³/mol. The second kappa shape index (κ2) is 10.2. The minimum Gasteiger partial charge on any atom is -0.351 e. The molecule has 0 bridgehead atoms. The van der Waals surface area contributed by atoms with Crippen LogP contribution < -0.4 is 10.9 Å². The second-order valence-corrected chi connectivity index (χ2v) is 9.17. The number of hydrogen-bond donors (Lipinski definition) is 1. The molecule has 36 heavy (non-hydrogen) atoms. The fourth-order valence-corrected chi connectivity index (χ4v) is 4.66. The molecule has 5 aromatic rings. The van der Waals surface area contributed by atoms with Crippen molar-refractivity contribution in [1.82, 2.24) is 14.5 Å². The highest BCUT2D eigenvalue weighted by molar-refractivity contribution is 7.98. The Hall–Kier alpha value is -4.12. The Bertz CT molecular complexity index is 1650. The number of anilines is 1. The lowest BCUT2D eigenvalue weighted by Gasteiger charge is -2.17. The normalized spacial score (nSPS) is 10.8. The maximum atomic E-state index is 14.2. The van der Waals surface area contributed by atoms with Gasteiger partial charge in [0.15, 0.2) is 0 Å². The molecule has 5 rings (SSSR count). The number of nitrogens with zero attached hydrogens (tertiary/aromatic N) is 4.